The molecular weight excluding hydrogens is 463 g/mol. The Morgan fingerprint density at radius 1 is 0.970 bits per heavy atom. The number of hydrogen-bond donors (Lipinski definition) is 1. The fourth-order valence-electron chi connectivity index (χ4n) is 3.37. The molecule has 0 spiro atoms. The molecule has 5 aromatic rings. The monoisotopic (exact) mass is 478 g/mol. The van der Waals surface area contributed by atoms with E-state index >= 15 is 0 Å². The number of carbonyl (C=O) groups is 1. The molecule has 33 heavy (non-hydrogen) atoms. The van der Waals surface area contributed by atoms with Gasteiger partial charge in [0.15, 0.2) is 11.3 Å². The van der Waals surface area contributed by atoms with Crippen LogP contribution in [0, 0.1) is 0 Å². The first kappa shape index (κ1) is 21.1. The highest BCUT2D eigenvalue weighted by atomic mass is 35.5. The summed E-state index contributed by atoms with van der Waals surface area (Å²) in [5, 5.41) is 3.83. The standard InChI is InChI=1S/C25H16Cl2N2O4/c1-31-17-6-8-22-20(13-17)29-25(33-22)14-3-2-4-16(11-14)28-24(30)23-10-9-21(32-23)18-12-15(26)5-7-19(18)27/h2-13H,1H3,(H,28,30). The molecule has 164 valence electrons. The van der Waals surface area contributed by atoms with Crippen molar-refractivity contribution in [3.8, 4) is 28.5 Å². The summed E-state index contributed by atoms with van der Waals surface area (Å²) in [5.41, 5.74) is 3.22. The molecule has 0 radical (unpaired) electrons. The number of aromatic nitrogens is 1. The first-order chi connectivity index (χ1) is 16.0. The van der Waals surface area contributed by atoms with Crippen molar-refractivity contribution in [2.24, 2.45) is 0 Å². The summed E-state index contributed by atoms with van der Waals surface area (Å²) < 4.78 is 16.8. The number of hydrogen-bond acceptors (Lipinski definition) is 5. The van der Waals surface area contributed by atoms with Gasteiger partial charge in [0, 0.05) is 27.9 Å². The third-order valence-electron chi connectivity index (χ3n) is 4.99. The van der Waals surface area contributed by atoms with E-state index in [0.29, 0.717) is 55.4 Å². The highest BCUT2D eigenvalue weighted by molar-refractivity contribution is 6.35. The Labute approximate surface area is 198 Å². The Morgan fingerprint density at radius 2 is 1.85 bits per heavy atom. The van der Waals surface area contributed by atoms with Gasteiger partial charge in [0.1, 0.15) is 17.0 Å². The maximum atomic E-state index is 12.8. The first-order valence-electron chi connectivity index (χ1n) is 9.92. The van der Waals surface area contributed by atoms with Gasteiger partial charge in [0.05, 0.1) is 12.1 Å². The minimum atomic E-state index is -0.404. The minimum absolute atomic E-state index is 0.139. The summed E-state index contributed by atoms with van der Waals surface area (Å²) in [6.45, 7) is 0. The Morgan fingerprint density at radius 3 is 2.70 bits per heavy atom. The summed E-state index contributed by atoms with van der Waals surface area (Å²) >= 11 is 12.3. The van der Waals surface area contributed by atoms with Crippen molar-refractivity contribution in [1.29, 1.82) is 0 Å². The smallest absolute Gasteiger partial charge is 0.291 e. The predicted molar refractivity (Wildman–Crippen MR) is 128 cm³/mol. The van der Waals surface area contributed by atoms with Crippen LogP contribution in [0.5, 0.6) is 5.75 Å². The number of carbonyl (C=O) groups excluding carboxylic acids is 1. The number of furan rings is 1. The number of amides is 1. The van der Waals surface area contributed by atoms with Gasteiger partial charge in [0.2, 0.25) is 5.89 Å². The second-order valence-corrected chi connectivity index (χ2v) is 8.02. The van der Waals surface area contributed by atoms with Crippen LogP contribution in [0.3, 0.4) is 0 Å². The average molecular weight is 479 g/mol. The molecule has 3 aromatic carbocycles. The molecule has 8 heteroatoms. The summed E-state index contributed by atoms with van der Waals surface area (Å²) in [6, 6.07) is 20.9. The van der Waals surface area contributed by atoms with Crippen LogP contribution in [0.15, 0.2) is 81.6 Å². The molecule has 0 saturated carbocycles. The van der Waals surface area contributed by atoms with Gasteiger partial charge in [-0.05, 0) is 60.7 Å². The highest BCUT2D eigenvalue weighted by Gasteiger charge is 2.16. The SMILES string of the molecule is COc1ccc2oc(-c3cccc(NC(=O)c4ccc(-c5cc(Cl)ccc5Cl)o4)c3)nc2c1. The average Bonchev–Trinajstić information content (AvgIpc) is 3.48. The lowest BCUT2D eigenvalue weighted by Crippen LogP contribution is -2.10. The van der Waals surface area contributed by atoms with Gasteiger partial charge in [-0.1, -0.05) is 29.3 Å². The van der Waals surface area contributed by atoms with Crippen LogP contribution >= 0.6 is 23.2 Å². The molecule has 1 amide bonds. The van der Waals surface area contributed by atoms with Crippen molar-refractivity contribution >= 4 is 45.9 Å². The predicted octanol–water partition coefficient (Wildman–Crippen LogP) is 7.32. The largest absolute Gasteiger partial charge is 0.497 e. The number of oxazole rings is 1. The van der Waals surface area contributed by atoms with Crippen molar-refractivity contribution in [3.05, 3.63) is 88.6 Å². The summed E-state index contributed by atoms with van der Waals surface area (Å²) in [5.74, 6) is 1.31. The van der Waals surface area contributed by atoms with E-state index < -0.39 is 5.91 Å². The van der Waals surface area contributed by atoms with Crippen LogP contribution in [0.4, 0.5) is 5.69 Å². The number of rotatable bonds is 5. The second kappa shape index (κ2) is 8.65. The van der Waals surface area contributed by atoms with Crippen LogP contribution in [-0.2, 0) is 0 Å². The Hall–Kier alpha value is -3.74. The number of fused-ring (bicyclic) bond motifs is 1. The zero-order chi connectivity index (χ0) is 22.9. The number of halogens is 2. The van der Waals surface area contributed by atoms with Gasteiger partial charge in [0.25, 0.3) is 5.91 Å². The maximum Gasteiger partial charge on any atom is 0.291 e. The van der Waals surface area contributed by atoms with Crippen molar-refractivity contribution < 1.29 is 18.4 Å². The van der Waals surface area contributed by atoms with Crippen LogP contribution in [-0.4, -0.2) is 18.0 Å². The summed E-state index contributed by atoms with van der Waals surface area (Å²) in [4.78, 5) is 17.3. The van der Waals surface area contributed by atoms with Gasteiger partial charge >= 0.3 is 0 Å². The molecule has 0 aliphatic heterocycles. The number of nitrogens with one attached hydrogen (secondary N) is 1. The van der Waals surface area contributed by atoms with E-state index in [-0.39, 0.29) is 5.76 Å². The lowest BCUT2D eigenvalue weighted by molar-refractivity contribution is 0.0997. The third kappa shape index (κ3) is 4.31. The lowest BCUT2D eigenvalue weighted by Gasteiger charge is -2.05. The van der Waals surface area contributed by atoms with Gasteiger partial charge in [-0.2, -0.15) is 0 Å². The fourth-order valence-corrected chi connectivity index (χ4v) is 3.75. The van der Waals surface area contributed by atoms with Gasteiger partial charge in [-0.25, -0.2) is 4.98 Å². The third-order valence-corrected chi connectivity index (χ3v) is 5.55. The van der Waals surface area contributed by atoms with Gasteiger partial charge in [-0.3, -0.25) is 4.79 Å². The normalized spacial score (nSPS) is 11.0. The van der Waals surface area contributed by atoms with Crippen molar-refractivity contribution in [3.63, 3.8) is 0 Å². The van der Waals surface area contributed by atoms with E-state index in [1.54, 1.807) is 67.8 Å². The minimum Gasteiger partial charge on any atom is -0.497 e. The molecule has 2 heterocycles. The molecule has 0 aliphatic rings. The van der Waals surface area contributed by atoms with E-state index in [9.17, 15) is 4.79 Å². The van der Waals surface area contributed by atoms with Gasteiger partial charge in [-0.15, -0.1) is 0 Å². The number of nitrogens with zero attached hydrogens (tertiary/aromatic N) is 1. The van der Waals surface area contributed by atoms with E-state index in [0.717, 1.165) is 0 Å². The Kier molecular flexibility index (Phi) is 5.54. The molecule has 6 nitrogen and oxygen atoms in total. The van der Waals surface area contributed by atoms with E-state index in [4.69, 9.17) is 36.8 Å². The molecule has 2 aromatic heterocycles. The van der Waals surface area contributed by atoms with Crippen molar-refractivity contribution in [2.75, 3.05) is 12.4 Å². The molecule has 0 saturated heterocycles. The molecule has 0 unspecified atom stereocenters. The quantitative estimate of drug-likeness (QED) is 0.286. The molecule has 1 N–H and O–H groups in total. The van der Waals surface area contributed by atoms with Crippen LogP contribution < -0.4 is 10.1 Å². The van der Waals surface area contributed by atoms with Crippen molar-refractivity contribution in [2.45, 2.75) is 0 Å². The Bertz CT molecular complexity index is 1490. The topological polar surface area (TPSA) is 77.5 Å². The summed E-state index contributed by atoms with van der Waals surface area (Å²) in [6.07, 6.45) is 0. The highest BCUT2D eigenvalue weighted by Crippen LogP contribution is 2.32. The fraction of sp³-hybridized carbons (Fsp3) is 0.0400. The first-order valence-corrected chi connectivity index (χ1v) is 10.7. The van der Waals surface area contributed by atoms with Crippen molar-refractivity contribution in [1.82, 2.24) is 4.98 Å². The number of benzene rings is 3. The number of anilines is 1. The molecule has 0 aliphatic carbocycles. The zero-order valence-electron chi connectivity index (χ0n) is 17.3. The lowest BCUT2D eigenvalue weighted by atomic mass is 10.2. The maximum absolute atomic E-state index is 12.8. The van der Waals surface area contributed by atoms with Crippen LogP contribution in [0.25, 0.3) is 33.9 Å². The summed E-state index contributed by atoms with van der Waals surface area (Å²) in [7, 11) is 1.60. The van der Waals surface area contributed by atoms with Gasteiger partial charge < -0.3 is 18.9 Å². The zero-order valence-corrected chi connectivity index (χ0v) is 18.8. The van der Waals surface area contributed by atoms with E-state index in [1.807, 2.05) is 12.1 Å². The second-order valence-electron chi connectivity index (χ2n) is 7.18. The molecule has 0 fully saturated rings. The van der Waals surface area contributed by atoms with E-state index in [1.165, 1.54) is 0 Å². The Balaban J connectivity index is 1.37. The van der Waals surface area contributed by atoms with E-state index in [2.05, 4.69) is 10.3 Å². The number of ether oxygens (including phenoxy) is 1. The van der Waals surface area contributed by atoms with Crippen LogP contribution in [0.1, 0.15) is 10.6 Å². The molecule has 0 atom stereocenters. The molecule has 0 bridgehead atoms. The van der Waals surface area contributed by atoms with Crippen LogP contribution in [0.2, 0.25) is 10.0 Å². The molecule has 5 rings (SSSR count). The molecular formula is C25H16Cl2N2O4. The number of methoxy groups -OCH3 is 1.